The monoisotopic (exact) mass is 966 g/mol. The van der Waals surface area contributed by atoms with Gasteiger partial charge in [0.25, 0.3) is 0 Å². The highest BCUT2D eigenvalue weighted by Gasteiger charge is 2.32. The summed E-state index contributed by atoms with van der Waals surface area (Å²) in [6.07, 6.45) is 0. The van der Waals surface area contributed by atoms with Crippen molar-refractivity contribution in [3.8, 4) is 22.3 Å². The molecule has 0 aliphatic carbocycles. The van der Waals surface area contributed by atoms with Crippen molar-refractivity contribution in [1.29, 1.82) is 0 Å². The van der Waals surface area contributed by atoms with Crippen LogP contribution in [-0.4, -0.2) is 0 Å². The zero-order chi connectivity index (χ0) is 50.8. The van der Waals surface area contributed by atoms with Crippen molar-refractivity contribution in [2.45, 2.75) is 78.6 Å². The minimum absolute atomic E-state index is 0.117. The summed E-state index contributed by atoms with van der Waals surface area (Å²) < 4.78 is 0. The maximum atomic E-state index is 8.56. The summed E-state index contributed by atoms with van der Waals surface area (Å²) in [4.78, 5) is 4.96. The second kappa shape index (κ2) is 18.4. The van der Waals surface area contributed by atoms with Gasteiger partial charge in [-0.1, -0.05) is 256 Å². The van der Waals surface area contributed by atoms with Gasteiger partial charge in [0, 0.05) is 32.9 Å². The number of rotatable bonds is 8. The van der Waals surface area contributed by atoms with Crippen LogP contribution >= 0.6 is 11.6 Å². The van der Waals surface area contributed by atoms with Crippen LogP contribution in [0.15, 0.2) is 218 Å². The van der Waals surface area contributed by atoms with E-state index < -0.39 is 0 Å². The van der Waals surface area contributed by atoms with Gasteiger partial charge in [-0.05, 0) is 113 Å². The molecule has 0 unspecified atom stereocenters. The fourth-order valence-corrected chi connectivity index (χ4v) is 11.2. The van der Waals surface area contributed by atoms with Gasteiger partial charge in [0.2, 0.25) is 0 Å². The molecular weight excluding hydrogens is 904 g/mol. The van der Waals surface area contributed by atoms with E-state index >= 15 is 0 Å². The molecule has 0 amide bonds. The summed E-state index contributed by atoms with van der Waals surface area (Å²) in [6, 6.07) is 80.4. The highest BCUT2D eigenvalue weighted by atomic mass is 35.5. The first-order valence-electron chi connectivity index (χ1n) is 25.7. The van der Waals surface area contributed by atoms with E-state index in [0.29, 0.717) is 5.02 Å². The zero-order valence-electron chi connectivity index (χ0n) is 43.6. The molecule has 0 saturated heterocycles. The Balaban J connectivity index is 1.31. The molecular formula is C70H63ClN2. The number of benzene rings is 11. The lowest BCUT2D eigenvalue weighted by Gasteiger charge is -2.36. The van der Waals surface area contributed by atoms with E-state index in [1.807, 2.05) is 0 Å². The molecule has 2 nitrogen and oxygen atoms in total. The minimum Gasteiger partial charge on any atom is -0.308 e. The van der Waals surface area contributed by atoms with E-state index in [9.17, 15) is 0 Å². The van der Waals surface area contributed by atoms with Gasteiger partial charge in [-0.2, -0.15) is 0 Å². The van der Waals surface area contributed by atoms with Crippen molar-refractivity contribution < 1.29 is 0 Å². The average molecular weight is 968 g/mol. The van der Waals surface area contributed by atoms with Crippen LogP contribution in [0.3, 0.4) is 0 Å². The Morgan fingerprint density at radius 1 is 0.288 bits per heavy atom. The number of fused-ring (bicyclic) bond motifs is 4. The molecule has 3 heteroatoms. The van der Waals surface area contributed by atoms with Crippen molar-refractivity contribution in [1.82, 2.24) is 0 Å². The van der Waals surface area contributed by atoms with Gasteiger partial charge in [0.1, 0.15) is 0 Å². The normalized spacial score (nSPS) is 12.2. The SMILES string of the molecule is CC(C)(C)c1cccc(N(c2cc(C(C)(C)C)cc(N(c3cccc(C(C)(C)C)c3)c3c4ccccc4c(-c4ccccc4)c4ccccc34)c2Cl)c2c3ccccc3c(-c3ccccc3)c3ccccc23)c1. The van der Waals surface area contributed by atoms with Gasteiger partial charge in [-0.3, -0.25) is 0 Å². The van der Waals surface area contributed by atoms with Crippen LogP contribution in [0.25, 0.3) is 65.3 Å². The first-order chi connectivity index (χ1) is 35.1. The Kier molecular flexibility index (Phi) is 12.0. The Morgan fingerprint density at radius 2 is 0.575 bits per heavy atom. The van der Waals surface area contributed by atoms with Crippen LogP contribution in [-0.2, 0) is 16.2 Å². The molecule has 0 aliphatic heterocycles. The zero-order valence-corrected chi connectivity index (χ0v) is 44.3. The number of anilines is 6. The van der Waals surface area contributed by atoms with Crippen LogP contribution in [0.5, 0.6) is 0 Å². The van der Waals surface area contributed by atoms with Gasteiger partial charge < -0.3 is 9.80 Å². The summed E-state index contributed by atoms with van der Waals surface area (Å²) in [5, 5.41) is 9.94. The van der Waals surface area contributed by atoms with E-state index in [1.165, 1.54) is 60.5 Å². The van der Waals surface area contributed by atoms with Crippen LogP contribution in [0, 0.1) is 0 Å². The molecule has 11 aromatic carbocycles. The van der Waals surface area contributed by atoms with Crippen molar-refractivity contribution in [3.05, 3.63) is 240 Å². The predicted octanol–water partition coefficient (Wildman–Crippen LogP) is 21.1. The average Bonchev–Trinajstić information content (AvgIpc) is 3.39. The van der Waals surface area contributed by atoms with E-state index in [2.05, 4.69) is 291 Å². The number of halogens is 1. The third kappa shape index (κ3) is 8.62. The van der Waals surface area contributed by atoms with Crippen LogP contribution in [0.4, 0.5) is 34.1 Å². The fourth-order valence-electron chi connectivity index (χ4n) is 10.9. The van der Waals surface area contributed by atoms with E-state index in [4.69, 9.17) is 11.6 Å². The second-order valence-electron chi connectivity index (χ2n) is 22.7. The molecule has 0 bridgehead atoms. The Morgan fingerprint density at radius 3 is 0.877 bits per heavy atom. The van der Waals surface area contributed by atoms with Crippen LogP contribution in [0.2, 0.25) is 5.02 Å². The van der Waals surface area contributed by atoms with E-state index in [0.717, 1.165) is 55.7 Å². The molecule has 0 radical (unpaired) electrons. The summed E-state index contributed by atoms with van der Waals surface area (Å²) in [5.74, 6) is 0. The number of nitrogens with zero attached hydrogens (tertiary/aromatic N) is 2. The quantitative estimate of drug-likeness (QED) is 0.140. The van der Waals surface area contributed by atoms with Crippen LogP contribution < -0.4 is 9.80 Å². The maximum absolute atomic E-state index is 8.56. The van der Waals surface area contributed by atoms with Crippen molar-refractivity contribution in [3.63, 3.8) is 0 Å². The molecule has 0 heterocycles. The lowest BCUT2D eigenvalue weighted by molar-refractivity contribution is 0.590. The standard InChI is InChI=1S/C70H63ClN2/c1-68(2,3)48-30-24-32-51(42-48)72(66-57-38-20-16-34-53(57)63(46-26-12-10-13-27-46)54-35-17-21-39-58(54)66)61-44-50(70(7,8)9)45-62(65(61)71)73(52-33-25-31-49(43-52)69(4,5)6)67-59-40-22-18-36-55(59)64(47-28-14-11-15-29-47)56-37-19-23-41-60(56)67/h10-45H,1-9H3. The molecule has 0 atom stereocenters. The molecule has 0 aromatic heterocycles. The Bertz CT molecular complexity index is 3510. The molecule has 0 spiro atoms. The Labute approximate surface area is 437 Å². The molecule has 11 rings (SSSR count). The third-order valence-corrected chi connectivity index (χ3v) is 15.1. The number of hydrogen-bond donors (Lipinski definition) is 0. The highest BCUT2D eigenvalue weighted by Crippen LogP contribution is 2.56. The minimum atomic E-state index is -0.283. The summed E-state index contributed by atoms with van der Waals surface area (Å²) in [7, 11) is 0. The van der Waals surface area contributed by atoms with Crippen molar-refractivity contribution >= 4 is 88.8 Å². The molecule has 0 N–H and O–H groups in total. The first-order valence-corrected chi connectivity index (χ1v) is 26.1. The first kappa shape index (κ1) is 47.7. The number of hydrogen-bond acceptors (Lipinski definition) is 2. The summed E-state index contributed by atoms with van der Waals surface area (Å²) in [6.45, 7) is 20.7. The smallest absolute Gasteiger partial charge is 0.0887 e. The topological polar surface area (TPSA) is 6.48 Å². The molecule has 73 heavy (non-hydrogen) atoms. The van der Waals surface area contributed by atoms with Gasteiger partial charge >= 0.3 is 0 Å². The highest BCUT2D eigenvalue weighted by molar-refractivity contribution is 6.38. The summed E-state index contributed by atoms with van der Waals surface area (Å²) >= 11 is 8.56. The second-order valence-corrected chi connectivity index (χ2v) is 23.1. The van der Waals surface area contributed by atoms with E-state index in [-0.39, 0.29) is 16.2 Å². The predicted molar refractivity (Wildman–Crippen MR) is 318 cm³/mol. The molecule has 0 fully saturated rings. The Hall–Kier alpha value is -7.65. The molecule has 11 aromatic rings. The maximum Gasteiger partial charge on any atom is 0.0887 e. The van der Waals surface area contributed by atoms with Gasteiger partial charge in [-0.15, -0.1) is 0 Å². The third-order valence-electron chi connectivity index (χ3n) is 14.7. The molecule has 360 valence electrons. The van der Waals surface area contributed by atoms with Gasteiger partial charge in [0.15, 0.2) is 0 Å². The summed E-state index contributed by atoms with van der Waals surface area (Å²) in [5.41, 5.74) is 14.0. The van der Waals surface area contributed by atoms with Crippen molar-refractivity contribution in [2.75, 3.05) is 9.80 Å². The fraction of sp³-hybridized carbons (Fsp3) is 0.171. The largest absolute Gasteiger partial charge is 0.308 e. The lowest BCUT2D eigenvalue weighted by Crippen LogP contribution is -2.20. The molecule has 0 saturated carbocycles. The van der Waals surface area contributed by atoms with Gasteiger partial charge in [-0.25, -0.2) is 0 Å². The van der Waals surface area contributed by atoms with E-state index in [1.54, 1.807) is 0 Å². The van der Waals surface area contributed by atoms with Gasteiger partial charge in [0.05, 0.1) is 27.8 Å². The van der Waals surface area contributed by atoms with Crippen molar-refractivity contribution in [2.24, 2.45) is 0 Å². The lowest BCUT2D eigenvalue weighted by atomic mass is 9.84. The van der Waals surface area contributed by atoms with Crippen LogP contribution in [0.1, 0.15) is 79.0 Å². The molecule has 0 aliphatic rings.